The topological polar surface area (TPSA) is 54.0 Å². The molecule has 0 aliphatic carbocycles. The Kier molecular flexibility index (Phi) is 4.09. The molecule has 0 aromatic carbocycles. The third-order valence-electron chi connectivity index (χ3n) is 3.21. The summed E-state index contributed by atoms with van der Waals surface area (Å²) < 4.78 is 0. The number of rotatable bonds is 3. The highest BCUT2D eigenvalue weighted by atomic mass is 16.1. The Morgan fingerprint density at radius 1 is 1.53 bits per heavy atom. The van der Waals surface area contributed by atoms with Crippen molar-refractivity contribution in [3.63, 3.8) is 0 Å². The van der Waals surface area contributed by atoms with Crippen LogP contribution in [0, 0.1) is 12.8 Å². The molecule has 4 nitrogen and oxygen atoms in total. The Morgan fingerprint density at radius 2 is 2.29 bits per heavy atom. The van der Waals surface area contributed by atoms with E-state index in [2.05, 4.69) is 15.6 Å². The summed E-state index contributed by atoms with van der Waals surface area (Å²) in [6.45, 7) is 3.97. The van der Waals surface area contributed by atoms with Gasteiger partial charge in [-0.2, -0.15) is 0 Å². The highest BCUT2D eigenvalue weighted by molar-refractivity contribution is 5.91. The van der Waals surface area contributed by atoms with E-state index in [0.717, 1.165) is 37.3 Å². The molecule has 1 amide bonds. The summed E-state index contributed by atoms with van der Waals surface area (Å²) in [5.41, 5.74) is 1.69. The van der Waals surface area contributed by atoms with Crippen molar-refractivity contribution < 1.29 is 4.79 Å². The molecule has 1 aliphatic rings. The molecule has 1 saturated heterocycles. The van der Waals surface area contributed by atoms with Gasteiger partial charge in [-0.3, -0.25) is 9.78 Å². The lowest BCUT2D eigenvalue weighted by Crippen LogP contribution is -2.30. The van der Waals surface area contributed by atoms with E-state index in [1.54, 1.807) is 6.20 Å². The number of amides is 1. The predicted octanol–water partition coefficient (Wildman–Crippen LogP) is 1.72. The van der Waals surface area contributed by atoms with E-state index in [4.69, 9.17) is 0 Å². The molecule has 1 aromatic heterocycles. The zero-order chi connectivity index (χ0) is 12.1. The third-order valence-corrected chi connectivity index (χ3v) is 3.21. The van der Waals surface area contributed by atoms with Gasteiger partial charge in [0, 0.05) is 12.6 Å². The van der Waals surface area contributed by atoms with E-state index < -0.39 is 0 Å². The average Bonchev–Trinajstić information content (AvgIpc) is 2.33. The van der Waals surface area contributed by atoms with Crippen LogP contribution in [0.3, 0.4) is 0 Å². The van der Waals surface area contributed by atoms with Crippen molar-refractivity contribution in [3.8, 4) is 0 Å². The first-order valence-corrected chi connectivity index (χ1v) is 6.18. The molecule has 0 unspecified atom stereocenters. The zero-order valence-corrected chi connectivity index (χ0v) is 10.2. The number of hydrogen-bond acceptors (Lipinski definition) is 3. The number of pyridine rings is 1. The molecular weight excluding hydrogens is 214 g/mol. The summed E-state index contributed by atoms with van der Waals surface area (Å²) in [7, 11) is 0. The number of aryl methyl sites for hydroxylation is 1. The summed E-state index contributed by atoms with van der Waals surface area (Å²) in [6, 6.07) is 3.73. The molecule has 1 aromatic rings. The number of piperidine rings is 1. The van der Waals surface area contributed by atoms with Crippen molar-refractivity contribution in [2.75, 3.05) is 18.4 Å². The fourth-order valence-corrected chi connectivity index (χ4v) is 2.17. The fraction of sp³-hybridized carbons (Fsp3) is 0.538. The molecule has 4 heteroatoms. The van der Waals surface area contributed by atoms with E-state index in [1.807, 2.05) is 19.1 Å². The normalized spacial score (nSPS) is 16.8. The molecule has 0 atom stereocenters. The third kappa shape index (κ3) is 3.53. The van der Waals surface area contributed by atoms with Gasteiger partial charge in [0.05, 0.1) is 11.4 Å². The van der Waals surface area contributed by atoms with E-state index in [-0.39, 0.29) is 5.91 Å². The monoisotopic (exact) mass is 233 g/mol. The van der Waals surface area contributed by atoms with Gasteiger partial charge in [-0.15, -0.1) is 0 Å². The van der Waals surface area contributed by atoms with Crippen molar-refractivity contribution in [2.24, 2.45) is 5.92 Å². The molecule has 0 saturated carbocycles. The molecule has 2 heterocycles. The number of nitrogens with zero attached hydrogens (tertiary/aromatic N) is 1. The van der Waals surface area contributed by atoms with Gasteiger partial charge < -0.3 is 10.6 Å². The maximum atomic E-state index is 11.9. The Morgan fingerprint density at radius 3 is 3.00 bits per heavy atom. The van der Waals surface area contributed by atoms with Crippen molar-refractivity contribution >= 4 is 11.6 Å². The maximum absolute atomic E-state index is 11.9. The quantitative estimate of drug-likeness (QED) is 0.835. The first-order chi connectivity index (χ1) is 8.25. The van der Waals surface area contributed by atoms with Crippen LogP contribution in [0.2, 0.25) is 0 Å². The Labute approximate surface area is 102 Å². The largest absolute Gasteiger partial charge is 0.324 e. The minimum Gasteiger partial charge on any atom is -0.324 e. The molecule has 1 fully saturated rings. The van der Waals surface area contributed by atoms with Gasteiger partial charge in [0.25, 0.3) is 0 Å². The van der Waals surface area contributed by atoms with E-state index in [0.29, 0.717) is 12.3 Å². The van der Waals surface area contributed by atoms with Gasteiger partial charge in [-0.05, 0) is 50.9 Å². The van der Waals surface area contributed by atoms with Crippen LogP contribution >= 0.6 is 0 Å². The van der Waals surface area contributed by atoms with Crippen LogP contribution in [0.15, 0.2) is 18.3 Å². The van der Waals surface area contributed by atoms with Crippen LogP contribution in [0.4, 0.5) is 5.69 Å². The molecule has 1 aliphatic heterocycles. The fourth-order valence-electron chi connectivity index (χ4n) is 2.17. The predicted molar refractivity (Wildman–Crippen MR) is 67.8 cm³/mol. The van der Waals surface area contributed by atoms with Crippen molar-refractivity contribution in [3.05, 3.63) is 24.0 Å². The summed E-state index contributed by atoms with van der Waals surface area (Å²) in [4.78, 5) is 16.0. The van der Waals surface area contributed by atoms with E-state index >= 15 is 0 Å². The first kappa shape index (κ1) is 12.0. The van der Waals surface area contributed by atoms with Crippen molar-refractivity contribution in [2.45, 2.75) is 26.2 Å². The molecule has 2 rings (SSSR count). The zero-order valence-electron chi connectivity index (χ0n) is 10.2. The van der Waals surface area contributed by atoms with Crippen LogP contribution in [0.25, 0.3) is 0 Å². The second-order valence-electron chi connectivity index (χ2n) is 4.58. The number of hydrogen-bond donors (Lipinski definition) is 2. The highest BCUT2D eigenvalue weighted by Gasteiger charge is 2.17. The van der Waals surface area contributed by atoms with Gasteiger partial charge in [-0.1, -0.05) is 0 Å². The lowest BCUT2D eigenvalue weighted by Gasteiger charge is -2.22. The molecule has 0 bridgehead atoms. The smallest absolute Gasteiger partial charge is 0.224 e. The molecule has 0 spiro atoms. The minimum absolute atomic E-state index is 0.105. The maximum Gasteiger partial charge on any atom is 0.224 e. The second-order valence-corrected chi connectivity index (χ2v) is 4.58. The standard InChI is InChI=1S/C13H19N3O/c1-10-12(3-2-6-15-10)16-13(17)9-11-4-7-14-8-5-11/h2-3,6,11,14H,4-5,7-9H2,1H3,(H,16,17). The summed E-state index contributed by atoms with van der Waals surface area (Å²) in [5.74, 6) is 0.626. The van der Waals surface area contributed by atoms with Gasteiger partial charge >= 0.3 is 0 Å². The number of nitrogens with one attached hydrogen (secondary N) is 2. The van der Waals surface area contributed by atoms with Crippen molar-refractivity contribution in [1.82, 2.24) is 10.3 Å². The van der Waals surface area contributed by atoms with Gasteiger partial charge in [0.2, 0.25) is 5.91 Å². The Balaban J connectivity index is 1.86. The number of aromatic nitrogens is 1. The molecule has 2 N–H and O–H groups in total. The van der Waals surface area contributed by atoms with Crippen LogP contribution < -0.4 is 10.6 Å². The SMILES string of the molecule is Cc1ncccc1NC(=O)CC1CCNCC1. The molecule has 17 heavy (non-hydrogen) atoms. The highest BCUT2D eigenvalue weighted by Crippen LogP contribution is 2.17. The van der Waals surface area contributed by atoms with Crippen LogP contribution in [-0.2, 0) is 4.79 Å². The lowest BCUT2D eigenvalue weighted by molar-refractivity contribution is -0.117. The Hall–Kier alpha value is -1.42. The lowest BCUT2D eigenvalue weighted by atomic mass is 9.94. The number of carbonyl (C=O) groups is 1. The summed E-state index contributed by atoms with van der Waals surface area (Å²) in [6.07, 6.45) is 4.55. The van der Waals surface area contributed by atoms with Gasteiger partial charge in [0.15, 0.2) is 0 Å². The first-order valence-electron chi connectivity index (χ1n) is 6.18. The average molecular weight is 233 g/mol. The van der Waals surface area contributed by atoms with Gasteiger partial charge in [-0.25, -0.2) is 0 Å². The molecular formula is C13H19N3O. The van der Waals surface area contributed by atoms with Gasteiger partial charge in [0.1, 0.15) is 0 Å². The molecule has 0 radical (unpaired) electrons. The number of anilines is 1. The van der Waals surface area contributed by atoms with Crippen LogP contribution in [0.5, 0.6) is 0 Å². The van der Waals surface area contributed by atoms with Crippen LogP contribution in [-0.4, -0.2) is 24.0 Å². The molecule has 92 valence electrons. The second kappa shape index (κ2) is 5.77. The van der Waals surface area contributed by atoms with E-state index in [1.165, 1.54) is 0 Å². The van der Waals surface area contributed by atoms with Crippen molar-refractivity contribution in [1.29, 1.82) is 0 Å². The van der Waals surface area contributed by atoms with Crippen LogP contribution in [0.1, 0.15) is 25.0 Å². The number of carbonyl (C=O) groups excluding carboxylic acids is 1. The summed E-state index contributed by atoms with van der Waals surface area (Å²) in [5, 5.41) is 6.24. The summed E-state index contributed by atoms with van der Waals surface area (Å²) >= 11 is 0. The minimum atomic E-state index is 0.105. The van der Waals surface area contributed by atoms with E-state index in [9.17, 15) is 4.79 Å². The Bertz CT molecular complexity index is 386.